The van der Waals surface area contributed by atoms with Gasteiger partial charge in [-0.3, -0.25) is 19.5 Å². The smallest absolute Gasteiger partial charge is 0.258 e. The van der Waals surface area contributed by atoms with Crippen LogP contribution in [0.3, 0.4) is 0 Å². The number of aliphatic hydroxyl groups excluding tert-OH is 1. The zero-order valence-electron chi connectivity index (χ0n) is 19.1. The summed E-state index contributed by atoms with van der Waals surface area (Å²) in [5.74, 6) is -0.268. The Balaban J connectivity index is 1.44. The molecule has 0 bridgehead atoms. The maximum atomic E-state index is 13.4. The van der Waals surface area contributed by atoms with Crippen molar-refractivity contribution in [2.24, 2.45) is 11.8 Å². The second kappa shape index (κ2) is 9.23. The molecule has 4 atom stereocenters. The minimum atomic E-state index is -0.422. The Morgan fingerprint density at radius 3 is 2.85 bits per heavy atom. The van der Waals surface area contributed by atoms with E-state index in [1.54, 1.807) is 6.20 Å². The first-order valence-electron chi connectivity index (χ1n) is 12.1. The number of hydrogen-bond donors (Lipinski definition) is 2. The number of aromatic nitrogens is 2. The lowest BCUT2D eigenvalue weighted by Gasteiger charge is -2.30. The zero-order chi connectivity index (χ0) is 22.9. The number of carbonyl (C=O) groups is 1. The number of fused-ring (bicyclic) bond motifs is 3. The lowest BCUT2D eigenvalue weighted by Crippen LogP contribution is -2.48. The monoisotopic (exact) mass is 448 g/mol. The molecule has 7 nitrogen and oxygen atoms in total. The Bertz CT molecular complexity index is 1110. The van der Waals surface area contributed by atoms with Gasteiger partial charge in [0.1, 0.15) is 0 Å². The molecule has 1 fully saturated rings. The van der Waals surface area contributed by atoms with Gasteiger partial charge in [0.25, 0.3) is 5.56 Å². The van der Waals surface area contributed by atoms with Gasteiger partial charge < -0.3 is 15.0 Å². The van der Waals surface area contributed by atoms with Crippen LogP contribution in [0.2, 0.25) is 0 Å². The van der Waals surface area contributed by atoms with Crippen LogP contribution in [-0.4, -0.2) is 44.7 Å². The Morgan fingerprint density at radius 2 is 2.15 bits per heavy atom. The average Bonchev–Trinajstić information content (AvgIpc) is 3.55. The molecule has 4 heterocycles. The molecule has 0 saturated carbocycles. The van der Waals surface area contributed by atoms with Crippen LogP contribution in [0.4, 0.5) is 0 Å². The van der Waals surface area contributed by atoms with Crippen LogP contribution in [0.1, 0.15) is 55.6 Å². The minimum absolute atomic E-state index is 0.0349. The van der Waals surface area contributed by atoms with Crippen molar-refractivity contribution in [3.8, 4) is 0 Å². The fourth-order valence-electron chi connectivity index (χ4n) is 6.07. The molecule has 174 valence electrons. The summed E-state index contributed by atoms with van der Waals surface area (Å²) in [4.78, 5) is 33.2. The molecule has 5 rings (SSSR count). The summed E-state index contributed by atoms with van der Waals surface area (Å²) >= 11 is 0. The zero-order valence-corrected chi connectivity index (χ0v) is 19.1. The van der Waals surface area contributed by atoms with Gasteiger partial charge >= 0.3 is 0 Å². The van der Waals surface area contributed by atoms with Gasteiger partial charge in [-0.05, 0) is 62.1 Å². The fourth-order valence-corrected chi connectivity index (χ4v) is 6.07. The predicted octanol–water partition coefficient (Wildman–Crippen LogP) is 2.50. The number of carbonyl (C=O) groups excluding carboxylic acids is 1. The average molecular weight is 449 g/mol. The van der Waals surface area contributed by atoms with Gasteiger partial charge in [-0.1, -0.05) is 19.1 Å². The van der Waals surface area contributed by atoms with Crippen molar-refractivity contribution in [2.75, 3.05) is 13.2 Å². The first-order chi connectivity index (χ1) is 16.1. The molecule has 1 saturated heterocycles. The predicted molar refractivity (Wildman–Crippen MR) is 126 cm³/mol. The van der Waals surface area contributed by atoms with Crippen LogP contribution >= 0.6 is 0 Å². The van der Waals surface area contributed by atoms with E-state index in [1.807, 2.05) is 28.8 Å². The number of pyridine rings is 2. The molecule has 0 unspecified atom stereocenters. The van der Waals surface area contributed by atoms with Crippen molar-refractivity contribution in [1.82, 2.24) is 19.8 Å². The number of amides is 1. The highest BCUT2D eigenvalue weighted by atomic mass is 16.3. The quantitative estimate of drug-likeness (QED) is 0.680. The van der Waals surface area contributed by atoms with E-state index in [1.165, 1.54) is 0 Å². The fraction of sp³-hybridized carbons (Fsp3) is 0.500. The van der Waals surface area contributed by atoms with Crippen LogP contribution in [0, 0.1) is 11.8 Å². The van der Waals surface area contributed by atoms with Gasteiger partial charge in [0.2, 0.25) is 5.91 Å². The summed E-state index contributed by atoms with van der Waals surface area (Å²) in [6.07, 6.45) is 7.89. The molecule has 2 aromatic heterocycles. The summed E-state index contributed by atoms with van der Waals surface area (Å²) in [6, 6.07) is 9.23. The summed E-state index contributed by atoms with van der Waals surface area (Å²) in [5, 5.41) is 13.4. The second-order valence-corrected chi connectivity index (χ2v) is 9.39. The molecule has 2 aromatic rings. The van der Waals surface area contributed by atoms with Gasteiger partial charge in [-0.2, -0.15) is 0 Å². The molecule has 0 spiro atoms. The van der Waals surface area contributed by atoms with Crippen LogP contribution in [0.25, 0.3) is 5.57 Å². The number of aliphatic hydroxyl groups is 1. The van der Waals surface area contributed by atoms with E-state index in [9.17, 15) is 14.7 Å². The van der Waals surface area contributed by atoms with Crippen LogP contribution in [-0.2, 0) is 17.9 Å². The second-order valence-electron chi connectivity index (χ2n) is 9.39. The van der Waals surface area contributed by atoms with E-state index in [0.717, 1.165) is 54.8 Å². The summed E-state index contributed by atoms with van der Waals surface area (Å²) in [5.41, 5.74) is 3.81. The molecule has 0 aromatic carbocycles. The third-order valence-electron chi connectivity index (χ3n) is 7.50. The third kappa shape index (κ3) is 3.83. The van der Waals surface area contributed by atoms with Gasteiger partial charge in [0.15, 0.2) is 0 Å². The Hall–Kier alpha value is -2.77. The highest BCUT2D eigenvalue weighted by Gasteiger charge is 2.55. The van der Waals surface area contributed by atoms with Gasteiger partial charge in [0, 0.05) is 42.4 Å². The number of likely N-dealkylation sites (tertiary alicyclic amines) is 1. The molecule has 1 aliphatic carbocycles. The summed E-state index contributed by atoms with van der Waals surface area (Å²) < 4.78 is 1.90. The topological polar surface area (TPSA) is 87.5 Å². The van der Waals surface area contributed by atoms with Crippen molar-refractivity contribution in [2.45, 2.75) is 57.8 Å². The summed E-state index contributed by atoms with van der Waals surface area (Å²) in [7, 11) is 0. The van der Waals surface area contributed by atoms with Crippen molar-refractivity contribution in [3.05, 3.63) is 69.9 Å². The van der Waals surface area contributed by atoms with Crippen LogP contribution in [0.5, 0.6) is 0 Å². The molecular formula is C26H32N4O3. The number of nitrogens with one attached hydrogen (secondary N) is 1. The first-order valence-corrected chi connectivity index (χ1v) is 12.1. The van der Waals surface area contributed by atoms with Gasteiger partial charge in [0.05, 0.1) is 24.3 Å². The lowest BCUT2D eigenvalue weighted by atomic mass is 9.88. The minimum Gasteiger partial charge on any atom is -0.396 e. The molecular weight excluding hydrogens is 416 g/mol. The Morgan fingerprint density at radius 1 is 1.27 bits per heavy atom. The molecule has 2 N–H and O–H groups in total. The molecule has 1 amide bonds. The van der Waals surface area contributed by atoms with E-state index in [-0.39, 0.29) is 36.0 Å². The number of rotatable bonds is 7. The maximum Gasteiger partial charge on any atom is 0.258 e. The number of nitrogens with zero attached hydrogens (tertiary/aromatic N) is 3. The Kier molecular flexibility index (Phi) is 6.17. The van der Waals surface area contributed by atoms with E-state index in [2.05, 4.69) is 34.3 Å². The maximum absolute atomic E-state index is 13.4. The Labute approximate surface area is 194 Å². The SMILES string of the molecule is CCCN1[C@@H]2c3ccc(C4=CCCC4)c(=O)n3C[C@@H]2[C@@H](CO)[C@@H]1C(=O)NCc1ccccn1. The van der Waals surface area contributed by atoms with Crippen LogP contribution < -0.4 is 10.9 Å². The van der Waals surface area contributed by atoms with Crippen molar-refractivity contribution in [3.63, 3.8) is 0 Å². The standard InChI is InChI=1S/C26H32N4O3/c1-2-13-29-23-20(15-30-22(23)11-10-19(26(30)33)17-7-3-4-8-17)21(16-31)24(29)25(32)28-14-18-9-5-6-12-27-18/h5-7,9-12,20-21,23-24,31H,2-4,8,13-16H2,1H3,(H,28,32)/t20-,21-,23+,24-/m1/s1. The highest BCUT2D eigenvalue weighted by molar-refractivity contribution is 5.82. The molecule has 33 heavy (non-hydrogen) atoms. The van der Waals surface area contributed by atoms with E-state index >= 15 is 0 Å². The lowest BCUT2D eigenvalue weighted by molar-refractivity contribution is -0.128. The largest absolute Gasteiger partial charge is 0.396 e. The number of hydrogen-bond acceptors (Lipinski definition) is 5. The molecule has 3 aliphatic rings. The van der Waals surface area contributed by atoms with Crippen molar-refractivity contribution >= 4 is 11.5 Å². The third-order valence-corrected chi connectivity index (χ3v) is 7.50. The van der Waals surface area contributed by atoms with Crippen molar-refractivity contribution in [1.29, 1.82) is 0 Å². The van der Waals surface area contributed by atoms with E-state index in [4.69, 9.17) is 0 Å². The molecule has 2 aliphatic heterocycles. The van der Waals surface area contributed by atoms with E-state index in [0.29, 0.717) is 13.1 Å². The van der Waals surface area contributed by atoms with Gasteiger partial charge in [-0.15, -0.1) is 0 Å². The van der Waals surface area contributed by atoms with Crippen LogP contribution in [0.15, 0.2) is 47.4 Å². The summed E-state index contributed by atoms with van der Waals surface area (Å²) in [6.45, 7) is 3.67. The highest BCUT2D eigenvalue weighted by Crippen LogP contribution is 2.49. The normalized spacial score (nSPS) is 26.2. The van der Waals surface area contributed by atoms with E-state index < -0.39 is 6.04 Å². The van der Waals surface area contributed by atoms with Crippen molar-refractivity contribution < 1.29 is 9.90 Å². The van der Waals surface area contributed by atoms with Gasteiger partial charge in [-0.25, -0.2) is 0 Å². The number of allylic oxidation sites excluding steroid dienone is 2. The molecule has 0 radical (unpaired) electrons. The first kappa shape index (κ1) is 22.0. The molecule has 7 heteroatoms.